The fraction of sp³-hybridized carbons (Fsp3) is 0.120. The Kier molecular flexibility index (Phi) is 5.72. The van der Waals surface area contributed by atoms with Gasteiger partial charge in [0.25, 0.3) is 5.91 Å². The normalized spacial score (nSPS) is 15.9. The minimum atomic E-state index is -1.06. The number of anilines is 1. The molecule has 1 aliphatic heterocycles. The molecule has 0 saturated carbocycles. The topological polar surface area (TPSA) is 108 Å². The first-order valence-electron chi connectivity index (χ1n) is 10.4. The maximum Gasteiger partial charge on any atom is 0.335 e. The molecule has 1 aliphatic rings. The number of fused-ring (bicyclic) bond motifs is 1. The van der Waals surface area contributed by atoms with Crippen molar-refractivity contribution >= 4 is 55.7 Å². The molecule has 9 heteroatoms. The average molecular weight is 491 g/mol. The molecule has 2 N–H and O–H groups in total. The Morgan fingerprint density at radius 3 is 2.56 bits per heavy atom. The number of rotatable bonds is 7. The number of Topliss-reactive ketones (excluding diaryl/α,β-unsaturated/α-hetero) is 1. The van der Waals surface area contributed by atoms with E-state index in [9.17, 15) is 24.6 Å². The molecule has 0 spiro atoms. The summed E-state index contributed by atoms with van der Waals surface area (Å²) in [6.45, 7) is 0. The van der Waals surface area contributed by atoms with Gasteiger partial charge >= 0.3 is 5.97 Å². The lowest BCUT2D eigenvalue weighted by Gasteiger charge is -2.23. The third-order valence-electron chi connectivity index (χ3n) is 5.63. The number of carbonyl (C=O) groups is 3. The molecule has 5 rings (SSSR count). The second-order valence-corrected chi connectivity index (χ2v) is 9.74. The second kappa shape index (κ2) is 8.85. The number of hydrogen-bond donors (Lipinski definition) is 2. The van der Waals surface area contributed by atoms with Gasteiger partial charge in [0.1, 0.15) is 6.04 Å². The number of aromatic nitrogens is 1. The van der Waals surface area contributed by atoms with E-state index < -0.39 is 23.7 Å². The largest absolute Gasteiger partial charge is 0.503 e. The van der Waals surface area contributed by atoms with E-state index in [1.807, 2.05) is 47.8 Å². The highest BCUT2D eigenvalue weighted by Crippen LogP contribution is 2.45. The van der Waals surface area contributed by atoms with Gasteiger partial charge in [-0.05, 0) is 41.6 Å². The molecule has 1 amide bonds. The number of amides is 1. The molecule has 7 nitrogen and oxygen atoms in total. The van der Waals surface area contributed by atoms with E-state index in [-0.39, 0.29) is 23.3 Å². The molecule has 0 saturated heterocycles. The van der Waals surface area contributed by atoms with Gasteiger partial charge in [0.05, 0.1) is 21.4 Å². The number of carboxylic acids is 1. The third kappa shape index (κ3) is 3.89. The number of aliphatic hydroxyl groups excluding tert-OH is 1. The van der Waals surface area contributed by atoms with E-state index in [0.29, 0.717) is 21.8 Å². The van der Waals surface area contributed by atoms with E-state index in [0.717, 1.165) is 21.8 Å². The number of aliphatic hydroxyl groups is 1. The van der Waals surface area contributed by atoms with Crippen LogP contribution in [0.4, 0.5) is 5.13 Å². The van der Waals surface area contributed by atoms with Crippen molar-refractivity contribution in [1.29, 1.82) is 0 Å². The molecular weight excluding hydrogens is 472 g/mol. The van der Waals surface area contributed by atoms with Crippen molar-refractivity contribution in [3.63, 3.8) is 0 Å². The molecule has 34 heavy (non-hydrogen) atoms. The molecule has 0 aliphatic carbocycles. The third-order valence-corrected chi connectivity index (χ3v) is 7.58. The molecule has 0 bridgehead atoms. The highest BCUT2D eigenvalue weighted by Gasteiger charge is 2.45. The molecule has 1 unspecified atom stereocenters. The minimum absolute atomic E-state index is 0.0638. The van der Waals surface area contributed by atoms with Crippen LogP contribution >= 0.6 is 22.7 Å². The number of aromatic carboxylic acids is 1. The lowest BCUT2D eigenvalue weighted by atomic mass is 9.97. The van der Waals surface area contributed by atoms with Crippen LogP contribution in [0.15, 0.2) is 77.4 Å². The molecule has 1 atom stereocenters. The lowest BCUT2D eigenvalue weighted by Crippen LogP contribution is -2.30. The summed E-state index contributed by atoms with van der Waals surface area (Å²) in [5, 5.41) is 22.2. The molecule has 2 aromatic carbocycles. The fourth-order valence-electron chi connectivity index (χ4n) is 3.99. The van der Waals surface area contributed by atoms with Gasteiger partial charge < -0.3 is 10.2 Å². The number of benzene rings is 2. The van der Waals surface area contributed by atoms with Gasteiger partial charge in [-0.25, -0.2) is 9.78 Å². The number of carbonyl (C=O) groups excluding carboxylic acids is 2. The van der Waals surface area contributed by atoms with Gasteiger partial charge in [0, 0.05) is 11.3 Å². The van der Waals surface area contributed by atoms with Gasteiger partial charge in [-0.2, -0.15) is 0 Å². The summed E-state index contributed by atoms with van der Waals surface area (Å²) in [7, 11) is 0. The van der Waals surface area contributed by atoms with Crippen molar-refractivity contribution < 1.29 is 24.6 Å². The van der Waals surface area contributed by atoms with E-state index in [2.05, 4.69) is 4.98 Å². The zero-order valence-corrected chi connectivity index (χ0v) is 19.3. The Morgan fingerprint density at radius 1 is 1.06 bits per heavy atom. The standard InChI is InChI=1S/C25H18N2O5S2/c28-17(11-8-14-5-2-1-3-6-14)20-21(18-7-4-12-33-18)27(23(30)22(20)29)25-26-16-10-9-15(24(31)32)13-19(16)34-25/h1-7,9-10,12-13,21,29H,8,11H2,(H,31,32). The number of nitrogens with zero attached hydrogens (tertiary/aromatic N) is 2. The Morgan fingerprint density at radius 2 is 1.85 bits per heavy atom. The highest BCUT2D eigenvalue weighted by atomic mass is 32.1. The zero-order chi connectivity index (χ0) is 23.8. The van der Waals surface area contributed by atoms with E-state index in [1.165, 1.54) is 28.4 Å². The number of thiophene rings is 1. The molecule has 0 radical (unpaired) electrons. The van der Waals surface area contributed by atoms with Crippen molar-refractivity contribution in [2.45, 2.75) is 18.9 Å². The maximum atomic E-state index is 13.3. The van der Waals surface area contributed by atoms with E-state index in [4.69, 9.17) is 0 Å². The fourth-order valence-corrected chi connectivity index (χ4v) is 5.84. The van der Waals surface area contributed by atoms with Crippen LogP contribution in [0, 0.1) is 0 Å². The van der Waals surface area contributed by atoms with Crippen molar-refractivity contribution in [2.75, 3.05) is 4.90 Å². The number of ketones is 1. The molecule has 4 aromatic rings. The van der Waals surface area contributed by atoms with Crippen LogP contribution in [0.5, 0.6) is 0 Å². The Hall–Kier alpha value is -3.82. The van der Waals surface area contributed by atoms with E-state index in [1.54, 1.807) is 6.07 Å². The van der Waals surface area contributed by atoms with Crippen molar-refractivity contribution in [3.8, 4) is 0 Å². The molecule has 0 fully saturated rings. The Labute approximate surface area is 202 Å². The first kappa shape index (κ1) is 22.0. The maximum absolute atomic E-state index is 13.3. The first-order chi connectivity index (χ1) is 16.4. The Bertz CT molecular complexity index is 1440. The molecule has 2 aromatic heterocycles. The molecule has 170 valence electrons. The summed E-state index contributed by atoms with van der Waals surface area (Å²) in [5.74, 6) is -2.62. The van der Waals surface area contributed by atoms with Gasteiger partial charge in [0.2, 0.25) is 0 Å². The van der Waals surface area contributed by atoms with Crippen molar-refractivity contribution in [1.82, 2.24) is 4.98 Å². The first-order valence-corrected chi connectivity index (χ1v) is 12.1. The van der Waals surface area contributed by atoms with Crippen LogP contribution in [-0.2, 0) is 16.0 Å². The number of thiazole rings is 1. The highest BCUT2D eigenvalue weighted by molar-refractivity contribution is 7.22. The SMILES string of the molecule is O=C(CCc1ccccc1)C1=C(O)C(=O)N(c2nc3ccc(C(=O)O)cc3s2)C1c1cccs1. The summed E-state index contributed by atoms with van der Waals surface area (Å²) < 4.78 is 0.593. The van der Waals surface area contributed by atoms with E-state index >= 15 is 0 Å². The summed E-state index contributed by atoms with van der Waals surface area (Å²) in [4.78, 5) is 44.4. The van der Waals surface area contributed by atoms with Crippen molar-refractivity contribution in [3.05, 3.63) is 93.4 Å². The zero-order valence-electron chi connectivity index (χ0n) is 17.7. The van der Waals surface area contributed by atoms with Crippen LogP contribution in [0.1, 0.15) is 33.3 Å². The smallest absolute Gasteiger partial charge is 0.335 e. The summed E-state index contributed by atoms with van der Waals surface area (Å²) in [6.07, 6.45) is 0.634. The van der Waals surface area contributed by atoms with Gasteiger partial charge in [-0.1, -0.05) is 47.7 Å². The van der Waals surface area contributed by atoms with Crippen LogP contribution in [0.2, 0.25) is 0 Å². The Balaban J connectivity index is 1.52. The lowest BCUT2D eigenvalue weighted by molar-refractivity contribution is -0.118. The molecule has 3 heterocycles. The predicted octanol–water partition coefficient (Wildman–Crippen LogP) is 5.16. The van der Waals surface area contributed by atoms with Gasteiger partial charge in [-0.3, -0.25) is 14.5 Å². The quantitative estimate of drug-likeness (QED) is 0.371. The second-order valence-electron chi connectivity index (χ2n) is 7.75. The minimum Gasteiger partial charge on any atom is -0.503 e. The number of hydrogen-bond acceptors (Lipinski definition) is 7. The summed E-state index contributed by atoms with van der Waals surface area (Å²) >= 11 is 2.52. The average Bonchev–Trinajstić information content (AvgIpc) is 3.56. The number of aryl methyl sites for hydroxylation is 1. The summed E-state index contributed by atoms with van der Waals surface area (Å²) in [6, 6.07) is 16.9. The monoisotopic (exact) mass is 490 g/mol. The molecular formula is C25H18N2O5S2. The van der Waals surface area contributed by atoms with Crippen LogP contribution < -0.4 is 4.90 Å². The van der Waals surface area contributed by atoms with Crippen LogP contribution in [-0.4, -0.2) is 32.9 Å². The summed E-state index contributed by atoms with van der Waals surface area (Å²) in [5.41, 5.74) is 1.70. The number of carboxylic acid groups (broad SMARTS) is 1. The predicted molar refractivity (Wildman–Crippen MR) is 131 cm³/mol. The van der Waals surface area contributed by atoms with Crippen LogP contribution in [0.25, 0.3) is 10.2 Å². The van der Waals surface area contributed by atoms with Crippen molar-refractivity contribution in [2.24, 2.45) is 0 Å². The van der Waals surface area contributed by atoms with Crippen LogP contribution in [0.3, 0.4) is 0 Å². The van der Waals surface area contributed by atoms with Gasteiger partial charge in [0.15, 0.2) is 16.7 Å². The van der Waals surface area contributed by atoms with Gasteiger partial charge in [-0.15, -0.1) is 11.3 Å².